The van der Waals surface area contributed by atoms with Gasteiger partial charge in [0.25, 0.3) is 5.56 Å². The van der Waals surface area contributed by atoms with Gasteiger partial charge in [0.05, 0.1) is 11.1 Å². The zero-order valence-corrected chi connectivity index (χ0v) is 13.6. The number of hydrogen-bond donors (Lipinski definition) is 1. The first-order valence-electron chi connectivity index (χ1n) is 6.84. The second-order valence-corrected chi connectivity index (χ2v) is 5.81. The summed E-state index contributed by atoms with van der Waals surface area (Å²) in [4.78, 5) is 24.9. The summed E-state index contributed by atoms with van der Waals surface area (Å²) in [6, 6.07) is 10.6. The van der Waals surface area contributed by atoms with Gasteiger partial charge in [-0.05, 0) is 35.4 Å². The van der Waals surface area contributed by atoms with E-state index in [2.05, 4.69) is 10.1 Å². The van der Waals surface area contributed by atoms with Crippen LogP contribution in [0.3, 0.4) is 0 Å². The van der Waals surface area contributed by atoms with Gasteiger partial charge in [-0.2, -0.15) is 9.78 Å². The minimum absolute atomic E-state index is 0.316. The molecular weight excluding hydrogens is 356 g/mol. The molecule has 1 unspecified atom stereocenters. The Bertz CT molecular complexity index is 999. The third-order valence-corrected chi connectivity index (χ3v) is 4.19. The molecule has 1 atom stereocenters. The summed E-state index contributed by atoms with van der Waals surface area (Å²) in [5, 5.41) is 3.50. The van der Waals surface area contributed by atoms with Crippen LogP contribution in [-0.4, -0.2) is 14.8 Å². The Balaban J connectivity index is 1.99. The second kappa shape index (κ2) is 6.59. The van der Waals surface area contributed by atoms with Crippen molar-refractivity contribution in [2.24, 2.45) is 0 Å². The third kappa shape index (κ3) is 3.25. The lowest BCUT2D eigenvalue weighted by atomic mass is 10.0. The molecule has 0 aliphatic heterocycles. The minimum Gasteiger partial charge on any atom is -0.271 e. The summed E-state index contributed by atoms with van der Waals surface area (Å²) in [5.74, 6) is -0.354. The van der Waals surface area contributed by atoms with Crippen molar-refractivity contribution in [3.63, 3.8) is 0 Å². The molecular formula is C16H10Cl2FN3O2. The molecule has 3 rings (SSSR count). The molecule has 0 bridgehead atoms. The van der Waals surface area contributed by atoms with Gasteiger partial charge >= 0.3 is 5.69 Å². The van der Waals surface area contributed by atoms with Crippen LogP contribution in [0.4, 0.5) is 4.39 Å². The summed E-state index contributed by atoms with van der Waals surface area (Å²) in [7, 11) is 0. The number of nitrogens with one attached hydrogen (secondary N) is 1. The first-order valence-corrected chi connectivity index (χ1v) is 7.65. The number of benzene rings is 2. The average molecular weight is 366 g/mol. The monoisotopic (exact) mass is 365 g/mol. The van der Waals surface area contributed by atoms with Crippen molar-refractivity contribution in [1.29, 1.82) is 0 Å². The van der Waals surface area contributed by atoms with Crippen LogP contribution >= 0.6 is 23.2 Å². The lowest BCUT2D eigenvalue weighted by molar-refractivity contribution is 0.627. The maximum Gasteiger partial charge on any atom is 0.349 e. The fourth-order valence-electron chi connectivity index (χ4n) is 2.20. The van der Waals surface area contributed by atoms with Gasteiger partial charge in [0.15, 0.2) is 0 Å². The van der Waals surface area contributed by atoms with Gasteiger partial charge < -0.3 is 0 Å². The number of alkyl halides is 1. The maximum atomic E-state index is 13.0. The average Bonchev–Trinajstić information content (AvgIpc) is 2.55. The van der Waals surface area contributed by atoms with Crippen LogP contribution in [0, 0.1) is 5.82 Å². The molecule has 0 saturated carbocycles. The molecule has 3 aromatic rings. The third-order valence-electron chi connectivity index (χ3n) is 3.38. The molecule has 0 spiro atoms. The molecule has 0 aliphatic rings. The fraction of sp³-hybridized carbons (Fsp3) is 0.0625. The Hall–Kier alpha value is -2.44. The SMILES string of the molecule is O=c1cnn(-c2ccc(C(Cl)c3ccc(F)cc3)c(Cl)c2)c(=O)[nH]1. The number of halogens is 3. The van der Waals surface area contributed by atoms with Crippen LogP contribution in [0.25, 0.3) is 5.69 Å². The van der Waals surface area contributed by atoms with E-state index < -0.39 is 16.6 Å². The highest BCUT2D eigenvalue weighted by atomic mass is 35.5. The molecule has 5 nitrogen and oxygen atoms in total. The van der Waals surface area contributed by atoms with Gasteiger partial charge in [0, 0.05) is 5.02 Å². The normalized spacial score (nSPS) is 12.1. The lowest BCUT2D eigenvalue weighted by Gasteiger charge is -2.13. The molecule has 1 aromatic heterocycles. The van der Waals surface area contributed by atoms with Crippen LogP contribution in [0.2, 0.25) is 5.02 Å². The van der Waals surface area contributed by atoms with Crippen molar-refractivity contribution < 1.29 is 4.39 Å². The summed E-state index contributed by atoms with van der Waals surface area (Å²) < 4.78 is 14.0. The Labute approximate surface area is 145 Å². The first kappa shape index (κ1) is 16.4. The summed E-state index contributed by atoms with van der Waals surface area (Å²) >= 11 is 12.7. The van der Waals surface area contributed by atoms with Gasteiger partial charge in [-0.3, -0.25) is 9.78 Å². The Kier molecular flexibility index (Phi) is 4.51. The van der Waals surface area contributed by atoms with Crippen molar-refractivity contribution in [3.05, 3.63) is 91.5 Å². The van der Waals surface area contributed by atoms with Gasteiger partial charge in [-0.15, -0.1) is 11.6 Å². The summed E-state index contributed by atoms with van der Waals surface area (Å²) in [6.45, 7) is 0. The van der Waals surface area contributed by atoms with Gasteiger partial charge in [-0.25, -0.2) is 9.18 Å². The number of nitrogens with zero attached hydrogens (tertiary/aromatic N) is 2. The minimum atomic E-state index is -0.674. The van der Waals surface area contributed by atoms with Crippen LogP contribution in [0.15, 0.2) is 58.3 Å². The van der Waals surface area contributed by atoms with Gasteiger partial charge in [0.2, 0.25) is 0 Å². The highest BCUT2D eigenvalue weighted by Gasteiger charge is 2.15. The standard InChI is InChI=1S/C16H10Cl2FN3O2/c17-13-7-11(22-16(24)21-14(23)8-20-22)5-6-12(13)15(18)9-1-3-10(19)4-2-9/h1-8,15H,(H,21,23,24). The highest BCUT2D eigenvalue weighted by molar-refractivity contribution is 6.33. The summed E-state index contributed by atoms with van der Waals surface area (Å²) in [5.41, 5.74) is 0.412. The Morgan fingerprint density at radius 2 is 1.83 bits per heavy atom. The summed E-state index contributed by atoms with van der Waals surface area (Å²) in [6.07, 6.45) is 0.992. The van der Waals surface area contributed by atoms with Gasteiger partial charge in [0.1, 0.15) is 12.0 Å². The predicted molar refractivity (Wildman–Crippen MR) is 89.6 cm³/mol. The molecule has 0 saturated heterocycles. The van der Waals surface area contributed by atoms with Crippen molar-refractivity contribution in [2.45, 2.75) is 5.38 Å². The van der Waals surface area contributed by atoms with E-state index in [1.807, 2.05) is 0 Å². The molecule has 0 fully saturated rings. The molecule has 24 heavy (non-hydrogen) atoms. The molecule has 1 heterocycles. The van der Waals surface area contributed by atoms with Crippen molar-refractivity contribution in [1.82, 2.24) is 14.8 Å². The molecule has 2 aromatic carbocycles. The molecule has 0 aliphatic carbocycles. The van der Waals surface area contributed by atoms with E-state index >= 15 is 0 Å². The lowest BCUT2D eigenvalue weighted by Crippen LogP contribution is -2.30. The van der Waals surface area contributed by atoms with E-state index in [-0.39, 0.29) is 5.82 Å². The number of aromatic amines is 1. The second-order valence-electron chi connectivity index (χ2n) is 4.97. The Morgan fingerprint density at radius 3 is 2.46 bits per heavy atom. The highest BCUT2D eigenvalue weighted by Crippen LogP contribution is 2.34. The number of hydrogen-bond acceptors (Lipinski definition) is 3. The topological polar surface area (TPSA) is 67.8 Å². The maximum absolute atomic E-state index is 13.0. The zero-order chi connectivity index (χ0) is 17.3. The van der Waals surface area contributed by atoms with Crippen molar-refractivity contribution in [2.75, 3.05) is 0 Å². The van der Waals surface area contributed by atoms with E-state index in [1.165, 1.54) is 18.2 Å². The van der Waals surface area contributed by atoms with Crippen molar-refractivity contribution in [3.8, 4) is 5.69 Å². The van der Waals surface area contributed by atoms with E-state index in [9.17, 15) is 14.0 Å². The van der Waals surface area contributed by atoms with Crippen LogP contribution in [0.5, 0.6) is 0 Å². The number of aromatic nitrogens is 3. The number of rotatable bonds is 3. The van der Waals surface area contributed by atoms with E-state index in [4.69, 9.17) is 23.2 Å². The fourth-order valence-corrected chi connectivity index (χ4v) is 2.88. The van der Waals surface area contributed by atoms with Gasteiger partial charge in [-0.1, -0.05) is 29.8 Å². The van der Waals surface area contributed by atoms with Crippen LogP contribution in [-0.2, 0) is 0 Å². The first-order chi connectivity index (χ1) is 11.5. The van der Waals surface area contributed by atoms with E-state index in [0.29, 0.717) is 21.8 Å². The smallest absolute Gasteiger partial charge is 0.271 e. The largest absolute Gasteiger partial charge is 0.349 e. The van der Waals surface area contributed by atoms with Crippen LogP contribution < -0.4 is 11.2 Å². The molecule has 0 radical (unpaired) electrons. The van der Waals surface area contributed by atoms with E-state index in [0.717, 1.165) is 10.9 Å². The molecule has 122 valence electrons. The van der Waals surface area contributed by atoms with Crippen LogP contribution in [0.1, 0.15) is 16.5 Å². The van der Waals surface area contributed by atoms with Crippen molar-refractivity contribution >= 4 is 23.2 Å². The molecule has 1 N–H and O–H groups in total. The molecule has 8 heteroatoms. The Morgan fingerprint density at radius 1 is 1.12 bits per heavy atom. The molecule has 0 amide bonds. The van der Waals surface area contributed by atoms with E-state index in [1.54, 1.807) is 24.3 Å². The predicted octanol–water partition coefficient (Wildman–Crippen LogP) is 3.04. The zero-order valence-electron chi connectivity index (χ0n) is 12.0. The number of H-pyrrole nitrogens is 1. The quantitative estimate of drug-likeness (QED) is 0.725.